The molecule has 0 aromatic carbocycles. The topological polar surface area (TPSA) is 49.7 Å². The van der Waals surface area contributed by atoms with E-state index in [2.05, 4.69) is 4.74 Å². The molecule has 0 rings (SSSR count). The fourth-order valence-corrected chi connectivity index (χ4v) is 0.0913. The summed E-state index contributed by atoms with van der Waals surface area (Å²) >= 11 is 0. The molecule has 0 aliphatic carbocycles. The Kier molecular flexibility index (Phi) is 24.1. The average molecular weight is 108 g/mol. The summed E-state index contributed by atoms with van der Waals surface area (Å²) in [6.45, 7) is 0.566. The van der Waals surface area contributed by atoms with Crippen LogP contribution in [0.25, 0.3) is 0 Å². The van der Waals surface area contributed by atoms with Crippen LogP contribution in [0.15, 0.2) is 0 Å². The molecule has 0 aromatic heterocycles. The molecule has 3 nitrogen and oxygen atoms in total. The van der Waals surface area contributed by atoms with Crippen molar-refractivity contribution in [3.63, 3.8) is 0 Å². The van der Waals surface area contributed by atoms with Gasteiger partial charge in [-0.15, -0.1) is 0 Å². The van der Waals surface area contributed by atoms with Crippen LogP contribution in [0.1, 0.15) is 0 Å². The summed E-state index contributed by atoms with van der Waals surface area (Å²) in [6.07, 6.45) is 0. The molecule has 0 aromatic rings. The lowest BCUT2D eigenvalue weighted by atomic mass is 10.8. The first-order chi connectivity index (χ1) is 3.41. The maximum atomic E-state index is 7.94. The van der Waals surface area contributed by atoms with Gasteiger partial charge in [0.2, 0.25) is 0 Å². The van der Waals surface area contributed by atoms with E-state index in [1.165, 1.54) is 0 Å². The molecule has 0 radical (unpaired) electrons. The lowest BCUT2D eigenvalue weighted by molar-refractivity contribution is 0.135. The van der Waals surface area contributed by atoms with Crippen molar-refractivity contribution < 1.29 is 14.9 Å². The normalized spacial score (nSPS) is 6.86. The molecule has 0 amide bonds. The van der Waals surface area contributed by atoms with Gasteiger partial charge in [0, 0.05) is 14.2 Å². The van der Waals surface area contributed by atoms with E-state index in [0.717, 1.165) is 7.11 Å². The minimum Gasteiger partial charge on any atom is -0.400 e. The smallest absolute Gasteiger partial charge is 0.0693 e. The molecule has 0 unspecified atom stereocenters. The number of aliphatic hydroxyl groups excluding tert-OH is 2. The molecule has 0 aliphatic heterocycles. The fourth-order valence-electron chi connectivity index (χ4n) is 0.0913. The zero-order valence-electron chi connectivity index (χ0n) is 4.72. The molecule has 0 saturated heterocycles. The van der Waals surface area contributed by atoms with Crippen molar-refractivity contribution in [3.8, 4) is 0 Å². The first-order valence-corrected chi connectivity index (χ1v) is 1.96. The first kappa shape index (κ1) is 9.99. The van der Waals surface area contributed by atoms with Gasteiger partial charge >= 0.3 is 0 Å². The van der Waals surface area contributed by atoms with E-state index in [9.17, 15) is 0 Å². The highest BCUT2D eigenvalue weighted by molar-refractivity contribution is 4.12. The summed E-state index contributed by atoms with van der Waals surface area (Å²) in [5.41, 5.74) is 0. The highest BCUT2D eigenvalue weighted by Gasteiger charge is 1.67. The zero-order valence-corrected chi connectivity index (χ0v) is 4.72. The Morgan fingerprint density at radius 2 is 1.86 bits per heavy atom. The van der Waals surface area contributed by atoms with Gasteiger partial charge in [0.15, 0.2) is 0 Å². The molecule has 0 heterocycles. The van der Waals surface area contributed by atoms with Crippen molar-refractivity contribution in [1.82, 2.24) is 0 Å². The molecule has 0 bridgehead atoms. The molecule has 2 N–H and O–H groups in total. The Morgan fingerprint density at radius 3 is 1.86 bits per heavy atom. The van der Waals surface area contributed by atoms with Gasteiger partial charge in [-0.1, -0.05) is 0 Å². The maximum Gasteiger partial charge on any atom is 0.0693 e. The Labute approximate surface area is 43.5 Å². The number of hydrogen-bond donors (Lipinski definition) is 2. The van der Waals surface area contributed by atoms with Gasteiger partial charge in [-0.3, -0.25) is 0 Å². The van der Waals surface area contributed by atoms with Crippen LogP contribution in [0.3, 0.4) is 0 Å². The van der Waals surface area contributed by atoms with Gasteiger partial charge in [0.05, 0.1) is 13.2 Å². The lowest BCUT2D eigenvalue weighted by Gasteiger charge is -1.84. The van der Waals surface area contributed by atoms with Crippen LogP contribution in [0.2, 0.25) is 0 Å². The Balaban J connectivity index is 0. The predicted octanol–water partition coefficient (Wildman–Crippen LogP) is -0.766. The van der Waals surface area contributed by atoms with Crippen LogP contribution >= 0.6 is 0 Å². The number of methoxy groups -OCH3 is 1. The van der Waals surface area contributed by atoms with Gasteiger partial charge in [-0.25, -0.2) is 0 Å². The van der Waals surface area contributed by atoms with Gasteiger partial charge < -0.3 is 14.9 Å². The summed E-state index contributed by atoms with van der Waals surface area (Å²) in [5.74, 6) is 0. The van der Waals surface area contributed by atoms with Gasteiger partial charge in [0.25, 0.3) is 0 Å². The Morgan fingerprint density at radius 1 is 1.43 bits per heavy atom. The molecule has 46 valence electrons. The monoisotopic (exact) mass is 108 g/mol. The third-order valence-electron chi connectivity index (χ3n) is 0.295. The molecule has 3 heteroatoms. The van der Waals surface area contributed by atoms with Crippen LogP contribution in [-0.4, -0.2) is 37.6 Å². The van der Waals surface area contributed by atoms with Crippen LogP contribution < -0.4 is 0 Å². The summed E-state index contributed by atoms with van der Waals surface area (Å²) in [5, 5.41) is 14.9. The summed E-state index contributed by atoms with van der Waals surface area (Å²) in [7, 11) is 2.55. The second-order valence-corrected chi connectivity index (χ2v) is 0.716. The number of ether oxygens (including phenoxy) is 1. The predicted molar refractivity (Wildman–Crippen MR) is 27.1 cm³/mol. The van der Waals surface area contributed by atoms with E-state index in [0.29, 0.717) is 6.61 Å². The molecule has 0 atom stereocenters. The quantitative estimate of drug-likeness (QED) is 0.488. The molecular formula is C4H12O3. The van der Waals surface area contributed by atoms with E-state index in [4.69, 9.17) is 10.2 Å². The Hall–Kier alpha value is -0.120. The minimum absolute atomic E-state index is 0.122. The SMILES string of the molecule is CO.COCCO. The van der Waals surface area contributed by atoms with Gasteiger partial charge in [0.1, 0.15) is 0 Å². The first-order valence-electron chi connectivity index (χ1n) is 1.96. The lowest BCUT2D eigenvalue weighted by Crippen LogP contribution is -1.91. The molecule has 0 spiro atoms. The molecule has 0 saturated carbocycles. The fraction of sp³-hybridized carbons (Fsp3) is 1.00. The van der Waals surface area contributed by atoms with Crippen molar-refractivity contribution in [2.75, 3.05) is 27.4 Å². The zero-order chi connectivity index (χ0) is 6.12. The standard InChI is InChI=1S/C3H8O2.CH4O/c1-5-3-2-4;1-2/h4H,2-3H2,1H3;2H,1H3. The number of rotatable bonds is 2. The van der Waals surface area contributed by atoms with E-state index in [1.807, 2.05) is 0 Å². The van der Waals surface area contributed by atoms with Crippen molar-refractivity contribution >= 4 is 0 Å². The van der Waals surface area contributed by atoms with Crippen LogP contribution in [0.5, 0.6) is 0 Å². The van der Waals surface area contributed by atoms with E-state index in [-0.39, 0.29) is 6.61 Å². The minimum atomic E-state index is 0.122. The third kappa shape index (κ3) is 25.0. The second kappa shape index (κ2) is 16.9. The molecule has 0 fully saturated rings. The van der Waals surface area contributed by atoms with E-state index < -0.39 is 0 Å². The van der Waals surface area contributed by atoms with E-state index in [1.54, 1.807) is 7.11 Å². The van der Waals surface area contributed by atoms with Crippen LogP contribution in [0.4, 0.5) is 0 Å². The maximum absolute atomic E-state index is 7.94. The highest BCUT2D eigenvalue weighted by Crippen LogP contribution is 1.56. The molecular weight excluding hydrogens is 96.0 g/mol. The van der Waals surface area contributed by atoms with Gasteiger partial charge in [-0.05, 0) is 0 Å². The summed E-state index contributed by atoms with van der Waals surface area (Å²) in [6, 6.07) is 0. The van der Waals surface area contributed by atoms with Gasteiger partial charge in [-0.2, -0.15) is 0 Å². The summed E-state index contributed by atoms with van der Waals surface area (Å²) in [4.78, 5) is 0. The molecule has 0 aliphatic rings. The van der Waals surface area contributed by atoms with E-state index >= 15 is 0 Å². The van der Waals surface area contributed by atoms with Crippen molar-refractivity contribution in [3.05, 3.63) is 0 Å². The second-order valence-electron chi connectivity index (χ2n) is 0.716. The number of aliphatic hydroxyl groups is 2. The highest BCUT2D eigenvalue weighted by atomic mass is 16.5. The van der Waals surface area contributed by atoms with Crippen molar-refractivity contribution in [1.29, 1.82) is 0 Å². The largest absolute Gasteiger partial charge is 0.400 e. The number of hydrogen-bond acceptors (Lipinski definition) is 3. The average Bonchev–Trinajstić information content (AvgIpc) is 1.75. The van der Waals surface area contributed by atoms with Crippen LogP contribution in [-0.2, 0) is 4.74 Å². The van der Waals surface area contributed by atoms with Crippen molar-refractivity contribution in [2.24, 2.45) is 0 Å². The van der Waals surface area contributed by atoms with Crippen LogP contribution in [0, 0.1) is 0 Å². The van der Waals surface area contributed by atoms with Crippen molar-refractivity contribution in [2.45, 2.75) is 0 Å². The third-order valence-corrected chi connectivity index (χ3v) is 0.295. The molecule has 7 heavy (non-hydrogen) atoms. The Bertz CT molecular complexity index is 14.4. The summed E-state index contributed by atoms with van der Waals surface area (Å²) < 4.78 is 4.44.